The minimum Gasteiger partial charge on any atom is -0.495 e. The van der Waals surface area contributed by atoms with Gasteiger partial charge in [0, 0.05) is 56.0 Å². The molecule has 0 spiro atoms. The van der Waals surface area contributed by atoms with Crippen LogP contribution in [0, 0.1) is 27.7 Å². The summed E-state index contributed by atoms with van der Waals surface area (Å²) in [5.74, 6) is 2.26. The number of anilines is 3. The summed E-state index contributed by atoms with van der Waals surface area (Å²) >= 11 is 0. The molecule has 1 fully saturated rings. The van der Waals surface area contributed by atoms with E-state index < -0.39 is 6.97 Å². The number of ether oxygens (including phenoxy) is 6. The Morgan fingerprint density at radius 3 is 1.73 bits per heavy atom. The van der Waals surface area contributed by atoms with E-state index in [0.29, 0.717) is 126 Å². The molecule has 4 aliphatic rings. The third-order valence-electron chi connectivity index (χ3n) is 14.2. The predicted molar refractivity (Wildman–Crippen MR) is 284 cm³/mol. The lowest BCUT2D eigenvalue weighted by Gasteiger charge is -2.34. The number of methoxy groups -OCH3 is 1. The molecule has 2 aromatic heterocycles. The number of halogens is 2. The summed E-state index contributed by atoms with van der Waals surface area (Å²) in [5.41, 5.74) is 12.7. The Hall–Kier alpha value is -6.95. The van der Waals surface area contributed by atoms with Crippen molar-refractivity contribution in [3.8, 4) is 34.2 Å². The monoisotopic (exact) mass is 995 g/mol. The van der Waals surface area contributed by atoms with Crippen molar-refractivity contribution < 1.29 is 41.5 Å². The Morgan fingerprint density at radius 2 is 1.14 bits per heavy atom. The molecular weight excluding hydrogens is 929 g/mol. The van der Waals surface area contributed by atoms with Crippen LogP contribution in [0.25, 0.3) is 22.5 Å². The first-order chi connectivity index (χ1) is 35.4. The van der Waals surface area contributed by atoms with E-state index in [0.717, 1.165) is 73.2 Å². The Morgan fingerprint density at radius 1 is 0.603 bits per heavy atom. The fourth-order valence-electron chi connectivity index (χ4n) is 10.7. The van der Waals surface area contributed by atoms with Crippen molar-refractivity contribution in [3.05, 3.63) is 142 Å². The molecule has 4 aliphatic heterocycles. The van der Waals surface area contributed by atoms with E-state index in [9.17, 15) is 0 Å². The molecule has 0 atom stereocenters. The van der Waals surface area contributed by atoms with Crippen LogP contribution in [0.1, 0.15) is 47.5 Å². The molecule has 382 valence electrons. The second kappa shape index (κ2) is 21.3. The Balaban J connectivity index is 0.937. The number of fused-ring (bicyclic) bond motifs is 12. The number of aryl methyl sites for hydroxylation is 4. The number of aromatic nitrogens is 4. The molecule has 10 rings (SSSR count). The summed E-state index contributed by atoms with van der Waals surface area (Å²) in [5, 5.41) is 9.13. The second-order valence-electron chi connectivity index (χ2n) is 19.3. The topological polar surface area (TPSA) is 104 Å². The molecule has 73 heavy (non-hydrogen) atoms. The van der Waals surface area contributed by atoms with E-state index in [2.05, 4.69) is 81.3 Å². The fourth-order valence-corrected chi connectivity index (χ4v) is 10.7. The molecule has 17 heteroatoms. The first kappa shape index (κ1) is 49.6. The highest BCUT2D eigenvalue weighted by Crippen LogP contribution is 2.44. The van der Waals surface area contributed by atoms with Crippen LogP contribution in [-0.2, 0) is 14.2 Å². The van der Waals surface area contributed by atoms with Crippen LogP contribution in [0.5, 0.6) is 17.2 Å². The van der Waals surface area contributed by atoms with Gasteiger partial charge in [0.1, 0.15) is 41.9 Å². The molecule has 0 N–H and O–H groups in total. The van der Waals surface area contributed by atoms with E-state index in [1.807, 2.05) is 68.6 Å². The standard InChI is InChI=1S/C56H65BF2N8O6/c1-38-8-15-49-52(32-38)72-28-22-64(23-29-73-53-33-39(2)9-16-50(53)63-19-25-69-24-18-62(49)20-26-70-30-31-71-27-21-63)48-17-12-45(36-51(48)68-7)47-37-65(61-60-47)46-13-10-44(11-14-46)54-55-40(3)34-42(5)66(55)57(58,59)67-43(6)35-41(4)56(54)67/h8-17,32-37H,18-31H2,1-7H3. The molecule has 0 saturated carbocycles. The van der Waals surface area contributed by atoms with Crippen molar-refractivity contribution >= 4 is 35.3 Å². The predicted octanol–water partition coefficient (Wildman–Crippen LogP) is 9.06. The maximum atomic E-state index is 16.3. The third-order valence-corrected chi connectivity index (χ3v) is 14.2. The van der Waals surface area contributed by atoms with Crippen molar-refractivity contribution in [1.82, 2.24) is 19.5 Å². The molecule has 1 saturated heterocycles. The lowest BCUT2D eigenvalue weighted by molar-refractivity contribution is -0.363. The molecule has 2 bridgehead atoms. The van der Waals surface area contributed by atoms with Crippen molar-refractivity contribution in [1.29, 1.82) is 0 Å². The van der Waals surface area contributed by atoms with Crippen molar-refractivity contribution in [2.45, 2.75) is 41.5 Å². The number of hydrogen-bond donors (Lipinski definition) is 0. The fraction of sp³-hybridized carbons (Fsp3) is 0.375. The SMILES string of the molecule is COc1cc(-c2cn(-c3ccc(C4=C5C(C)=CC(C)=[N+]5[B-](F)(F)n5c(C)cc(C)c54)cc3)nn2)ccc1N1CCOc2cc(C)ccc2N2CCOCCOCCN(CCOCC2)c2ccc(C)cc2OCC1. The van der Waals surface area contributed by atoms with Crippen LogP contribution >= 0.6 is 0 Å². The van der Waals surface area contributed by atoms with Crippen LogP contribution in [-0.4, -0.2) is 136 Å². The van der Waals surface area contributed by atoms with Crippen LogP contribution < -0.4 is 28.9 Å². The van der Waals surface area contributed by atoms with E-state index in [4.69, 9.17) is 28.4 Å². The van der Waals surface area contributed by atoms with E-state index in [1.54, 1.807) is 25.6 Å². The minimum absolute atomic E-state index is 0.390. The number of benzene rings is 4. The summed E-state index contributed by atoms with van der Waals surface area (Å²) in [6, 6.07) is 28.5. The summed E-state index contributed by atoms with van der Waals surface area (Å²) in [4.78, 5) is 6.82. The molecule has 6 aromatic rings. The second-order valence-corrected chi connectivity index (χ2v) is 19.3. The van der Waals surface area contributed by atoms with Gasteiger partial charge in [0.25, 0.3) is 0 Å². The Labute approximate surface area is 426 Å². The van der Waals surface area contributed by atoms with E-state index in [-0.39, 0.29) is 0 Å². The highest BCUT2D eigenvalue weighted by atomic mass is 19.2. The average Bonchev–Trinajstić information content (AvgIpc) is 4.07. The normalized spacial score (nSPS) is 18.0. The zero-order valence-electron chi connectivity index (χ0n) is 43.0. The lowest BCUT2D eigenvalue weighted by Crippen LogP contribution is -2.51. The zero-order valence-corrected chi connectivity index (χ0v) is 43.0. The van der Waals surface area contributed by atoms with Gasteiger partial charge in [0.05, 0.1) is 94.4 Å². The number of nitrogens with zero attached hydrogens (tertiary/aromatic N) is 8. The van der Waals surface area contributed by atoms with Gasteiger partial charge >= 0.3 is 6.97 Å². The van der Waals surface area contributed by atoms with Crippen molar-refractivity contribution in [2.75, 3.05) is 114 Å². The largest absolute Gasteiger partial charge is 0.737 e. The average molecular weight is 995 g/mol. The smallest absolute Gasteiger partial charge is 0.495 e. The van der Waals surface area contributed by atoms with Gasteiger partial charge in [-0.2, -0.15) is 0 Å². The summed E-state index contributed by atoms with van der Waals surface area (Å²) < 4.78 is 74.7. The maximum absolute atomic E-state index is 16.3. The molecule has 0 aliphatic carbocycles. The molecule has 6 heterocycles. The lowest BCUT2D eigenvalue weighted by atomic mass is 9.84. The van der Waals surface area contributed by atoms with Gasteiger partial charge in [-0.15, -0.1) is 5.10 Å². The molecule has 0 unspecified atom stereocenters. The highest BCUT2D eigenvalue weighted by molar-refractivity contribution is 6.58. The van der Waals surface area contributed by atoms with Crippen molar-refractivity contribution in [3.63, 3.8) is 0 Å². The number of rotatable bonds is 5. The maximum Gasteiger partial charge on any atom is 0.737 e. The molecular formula is C56H65BF2N8O6. The van der Waals surface area contributed by atoms with Gasteiger partial charge in [-0.25, -0.2) is 4.68 Å². The Kier molecular flexibility index (Phi) is 14.5. The van der Waals surface area contributed by atoms with Crippen LogP contribution in [0.2, 0.25) is 0 Å². The van der Waals surface area contributed by atoms with Crippen LogP contribution in [0.15, 0.2) is 108 Å². The van der Waals surface area contributed by atoms with Crippen LogP contribution in [0.3, 0.4) is 0 Å². The first-order valence-corrected chi connectivity index (χ1v) is 25.3. The van der Waals surface area contributed by atoms with Gasteiger partial charge in [-0.05, 0) is 117 Å². The number of allylic oxidation sites excluding steroid dienone is 2. The molecule has 4 aromatic carbocycles. The number of hydrogen-bond acceptors (Lipinski definition) is 11. The quantitative estimate of drug-likeness (QED) is 0.122. The van der Waals surface area contributed by atoms with E-state index in [1.165, 1.54) is 8.96 Å². The minimum atomic E-state index is -4.07. The molecule has 0 amide bonds. The summed E-state index contributed by atoms with van der Waals surface area (Å²) in [6.07, 6.45) is 3.73. The first-order valence-electron chi connectivity index (χ1n) is 25.3. The zero-order chi connectivity index (χ0) is 50.8. The molecule has 0 radical (unpaired) electrons. The van der Waals surface area contributed by atoms with Gasteiger partial charge in [-0.3, -0.25) is 0 Å². The van der Waals surface area contributed by atoms with Gasteiger partial charge in [0.2, 0.25) is 0 Å². The summed E-state index contributed by atoms with van der Waals surface area (Å²) in [7, 11) is 1.68. The van der Waals surface area contributed by atoms with Gasteiger partial charge in [-0.1, -0.05) is 35.5 Å². The Bertz CT molecular complexity index is 3020. The van der Waals surface area contributed by atoms with Crippen LogP contribution in [0.4, 0.5) is 25.7 Å². The summed E-state index contributed by atoms with van der Waals surface area (Å²) in [6.45, 7) is 15.1. The molecule has 14 nitrogen and oxygen atoms in total. The van der Waals surface area contributed by atoms with Gasteiger partial charge < -0.3 is 60.7 Å². The highest BCUT2D eigenvalue weighted by Gasteiger charge is 2.55. The third kappa shape index (κ3) is 10.1. The van der Waals surface area contributed by atoms with Gasteiger partial charge in [0.15, 0.2) is 5.70 Å². The van der Waals surface area contributed by atoms with E-state index >= 15 is 8.63 Å². The van der Waals surface area contributed by atoms with Crippen molar-refractivity contribution in [2.24, 2.45) is 0 Å².